The van der Waals surface area contributed by atoms with Crippen molar-refractivity contribution in [2.45, 2.75) is 32.7 Å². The number of H-pyrrole nitrogens is 1. The Morgan fingerprint density at radius 2 is 1.78 bits per heavy atom. The highest BCUT2D eigenvalue weighted by Crippen LogP contribution is 2.33. The van der Waals surface area contributed by atoms with Gasteiger partial charge < -0.3 is 19.7 Å². The number of carbonyl (C=O) groups is 1. The molecule has 2 N–H and O–H groups in total. The summed E-state index contributed by atoms with van der Waals surface area (Å²) in [6, 6.07) is 19.7. The number of fused-ring (bicyclic) bond motifs is 1. The van der Waals surface area contributed by atoms with Crippen LogP contribution in [0.3, 0.4) is 0 Å². The van der Waals surface area contributed by atoms with Crippen molar-refractivity contribution >= 4 is 38.5 Å². The summed E-state index contributed by atoms with van der Waals surface area (Å²) >= 11 is 3.78. The van der Waals surface area contributed by atoms with E-state index in [0.717, 1.165) is 53.8 Å². The Morgan fingerprint density at radius 1 is 1.00 bits per heavy atom. The number of nitrogens with zero attached hydrogens (tertiary/aromatic N) is 2. The van der Waals surface area contributed by atoms with Crippen LogP contribution in [0.2, 0.25) is 0 Å². The highest BCUT2D eigenvalue weighted by atomic mass is 79.9. The van der Waals surface area contributed by atoms with Gasteiger partial charge in [0.05, 0.1) is 0 Å². The molecule has 1 aliphatic heterocycles. The van der Waals surface area contributed by atoms with Crippen LogP contribution in [0.1, 0.15) is 42.3 Å². The number of nitrogens with one attached hydrogen (secondary N) is 1. The second-order valence-electron chi connectivity index (χ2n) is 10.6. The van der Waals surface area contributed by atoms with Gasteiger partial charge in [-0.05, 0) is 59.0 Å². The minimum atomic E-state index is -1.00. The summed E-state index contributed by atoms with van der Waals surface area (Å²) in [7, 11) is 0. The number of carboxylic acids is 1. The Balaban J connectivity index is 1.27. The third-order valence-corrected chi connectivity index (χ3v) is 7.74. The molecule has 6 nitrogen and oxygen atoms in total. The Morgan fingerprint density at radius 3 is 2.49 bits per heavy atom. The van der Waals surface area contributed by atoms with E-state index in [2.05, 4.69) is 69.7 Å². The molecule has 0 unspecified atom stereocenters. The van der Waals surface area contributed by atoms with E-state index in [1.54, 1.807) is 6.07 Å². The van der Waals surface area contributed by atoms with E-state index in [-0.39, 0.29) is 11.0 Å². The van der Waals surface area contributed by atoms with E-state index >= 15 is 0 Å². The molecule has 0 spiro atoms. The molecule has 1 aliphatic rings. The van der Waals surface area contributed by atoms with Crippen LogP contribution in [-0.4, -0.2) is 47.1 Å². The number of carboxylic acid groups (broad SMARTS) is 1. The van der Waals surface area contributed by atoms with Gasteiger partial charge in [0.25, 0.3) is 0 Å². The molecule has 1 fully saturated rings. The van der Waals surface area contributed by atoms with Crippen molar-refractivity contribution in [1.29, 1.82) is 0 Å². The molecule has 4 aromatic rings. The molecular formula is C30H32BrN3O3. The van der Waals surface area contributed by atoms with Crippen LogP contribution in [0.15, 0.2) is 71.3 Å². The summed E-state index contributed by atoms with van der Waals surface area (Å²) in [4.78, 5) is 19.8. The highest BCUT2D eigenvalue weighted by molar-refractivity contribution is 9.10. The lowest BCUT2D eigenvalue weighted by molar-refractivity contribution is 0.0694. The Hall–Kier alpha value is -3.29. The maximum absolute atomic E-state index is 11.9. The molecule has 0 bridgehead atoms. The van der Waals surface area contributed by atoms with E-state index in [1.165, 1.54) is 11.1 Å². The maximum Gasteiger partial charge on any atom is 0.339 e. The smallest absolute Gasteiger partial charge is 0.339 e. The van der Waals surface area contributed by atoms with Gasteiger partial charge in [-0.1, -0.05) is 48.8 Å². The minimum Gasteiger partial charge on any atom is -0.478 e. The van der Waals surface area contributed by atoms with Gasteiger partial charge in [-0.2, -0.15) is 0 Å². The fraction of sp³-hybridized carbons (Fsp3) is 0.300. The summed E-state index contributed by atoms with van der Waals surface area (Å²) in [6.45, 7) is 11.2. The first kappa shape index (κ1) is 25.4. The van der Waals surface area contributed by atoms with Gasteiger partial charge in [0, 0.05) is 66.1 Å². The summed E-state index contributed by atoms with van der Waals surface area (Å²) in [5.41, 5.74) is 4.87. The quantitative estimate of drug-likeness (QED) is 0.264. The third kappa shape index (κ3) is 5.68. The number of benzene rings is 3. The zero-order valence-corrected chi connectivity index (χ0v) is 23.0. The van der Waals surface area contributed by atoms with Gasteiger partial charge in [0.1, 0.15) is 17.1 Å². The number of hydrogen-bond donors (Lipinski definition) is 2. The standard InChI is InChI=1S/C30H32BrN3O3/c1-30(2,3)22-5-4-21(26(31)17-22)19-33-12-14-34(15-13-33)23-6-8-25(29(35)36)28(18-23)37-24-7-9-27-20(16-24)10-11-32-27/h4-11,16-18,32H,12-15,19H2,1-3H3,(H,35,36). The van der Waals surface area contributed by atoms with Crippen molar-refractivity contribution in [3.63, 3.8) is 0 Å². The Bertz CT molecular complexity index is 1430. The normalized spacial score (nSPS) is 14.8. The predicted molar refractivity (Wildman–Crippen MR) is 152 cm³/mol. The molecule has 0 radical (unpaired) electrons. The van der Waals surface area contributed by atoms with E-state index in [9.17, 15) is 9.90 Å². The number of halogens is 1. The van der Waals surface area contributed by atoms with Crippen molar-refractivity contribution < 1.29 is 14.6 Å². The number of aromatic carboxylic acids is 1. The molecule has 7 heteroatoms. The molecule has 5 rings (SSSR count). The number of piperazine rings is 1. The van der Waals surface area contributed by atoms with Crippen LogP contribution >= 0.6 is 15.9 Å². The number of anilines is 1. The van der Waals surface area contributed by atoms with Gasteiger partial charge in [-0.25, -0.2) is 4.79 Å². The van der Waals surface area contributed by atoms with Crippen molar-refractivity contribution in [2.24, 2.45) is 0 Å². The summed E-state index contributed by atoms with van der Waals surface area (Å²) in [5, 5.41) is 10.7. The lowest BCUT2D eigenvalue weighted by Gasteiger charge is -2.36. The van der Waals surface area contributed by atoms with Gasteiger partial charge in [0.15, 0.2) is 0 Å². The van der Waals surface area contributed by atoms with Crippen LogP contribution in [0.5, 0.6) is 11.5 Å². The maximum atomic E-state index is 11.9. The average molecular weight is 563 g/mol. The van der Waals surface area contributed by atoms with E-state index in [0.29, 0.717) is 11.5 Å². The second kappa shape index (κ2) is 10.2. The fourth-order valence-electron chi connectivity index (χ4n) is 4.74. The second-order valence-corrected chi connectivity index (χ2v) is 11.5. The molecule has 0 atom stereocenters. The molecule has 3 aromatic carbocycles. The largest absolute Gasteiger partial charge is 0.478 e. The Labute approximate surface area is 226 Å². The number of aromatic nitrogens is 1. The molecule has 1 saturated heterocycles. The first-order valence-corrected chi connectivity index (χ1v) is 13.4. The lowest BCUT2D eigenvalue weighted by atomic mass is 9.86. The third-order valence-electron chi connectivity index (χ3n) is 7.00. The number of ether oxygens (including phenoxy) is 1. The van der Waals surface area contributed by atoms with Gasteiger partial charge in [-0.3, -0.25) is 4.90 Å². The number of rotatable bonds is 6. The lowest BCUT2D eigenvalue weighted by Crippen LogP contribution is -2.46. The highest BCUT2D eigenvalue weighted by Gasteiger charge is 2.22. The van der Waals surface area contributed by atoms with Gasteiger partial charge in [-0.15, -0.1) is 0 Å². The molecule has 2 heterocycles. The summed E-state index contributed by atoms with van der Waals surface area (Å²) < 4.78 is 7.25. The zero-order valence-electron chi connectivity index (χ0n) is 21.4. The monoisotopic (exact) mass is 561 g/mol. The molecular weight excluding hydrogens is 530 g/mol. The molecule has 1 aromatic heterocycles. The predicted octanol–water partition coefficient (Wildman–Crippen LogP) is 7.04. The molecule has 0 amide bonds. The van der Waals surface area contributed by atoms with Crippen molar-refractivity contribution in [3.8, 4) is 11.5 Å². The van der Waals surface area contributed by atoms with E-state index in [4.69, 9.17) is 4.74 Å². The van der Waals surface area contributed by atoms with Crippen LogP contribution in [0.25, 0.3) is 10.9 Å². The first-order valence-electron chi connectivity index (χ1n) is 12.6. The van der Waals surface area contributed by atoms with Crippen LogP contribution < -0.4 is 9.64 Å². The number of hydrogen-bond acceptors (Lipinski definition) is 4. The minimum absolute atomic E-state index is 0.125. The van der Waals surface area contributed by atoms with Crippen LogP contribution in [0, 0.1) is 0 Å². The van der Waals surface area contributed by atoms with Gasteiger partial charge >= 0.3 is 5.97 Å². The van der Waals surface area contributed by atoms with Crippen LogP contribution in [0.4, 0.5) is 5.69 Å². The van der Waals surface area contributed by atoms with Gasteiger partial charge in [0.2, 0.25) is 0 Å². The van der Waals surface area contributed by atoms with Crippen molar-refractivity contribution in [1.82, 2.24) is 9.88 Å². The molecule has 0 saturated carbocycles. The van der Waals surface area contributed by atoms with Crippen molar-refractivity contribution in [3.05, 3.63) is 88.0 Å². The SMILES string of the molecule is CC(C)(C)c1ccc(CN2CCN(c3ccc(C(=O)O)c(Oc4ccc5[nH]ccc5c4)c3)CC2)c(Br)c1. The van der Waals surface area contributed by atoms with Crippen LogP contribution in [-0.2, 0) is 12.0 Å². The molecule has 192 valence electrons. The van der Waals surface area contributed by atoms with E-state index < -0.39 is 5.97 Å². The summed E-state index contributed by atoms with van der Waals surface area (Å²) in [5.74, 6) is -0.0399. The number of aromatic amines is 1. The Kier molecular flexibility index (Phi) is 7.01. The first-order chi connectivity index (χ1) is 17.7. The summed E-state index contributed by atoms with van der Waals surface area (Å²) in [6.07, 6.45) is 1.87. The molecule has 0 aliphatic carbocycles. The fourth-order valence-corrected chi connectivity index (χ4v) is 5.24. The molecule has 37 heavy (non-hydrogen) atoms. The van der Waals surface area contributed by atoms with Crippen molar-refractivity contribution in [2.75, 3.05) is 31.1 Å². The zero-order chi connectivity index (χ0) is 26.2. The topological polar surface area (TPSA) is 68.8 Å². The average Bonchev–Trinajstić information content (AvgIpc) is 3.33. The van der Waals surface area contributed by atoms with E-state index in [1.807, 2.05) is 42.6 Å².